The number of amidine groups is 1. The van der Waals surface area contributed by atoms with Gasteiger partial charge in [-0.3, -0.25) is 5.41 Å². The molecule has 2 fully saturated rings. The van der Waals surface area contributed by atoms with Crippen molar-refractivity contribution in [2.45, 2.75) is 44.9 Å². The lowest BCUT2D eigenvalue weighted by molar-refractivity contribution is 0.294. The van der Waals surface area contributed by atoms with Gasteiger partial charge in [0, 0.05) is 19.5 Å². The molecule has 1 saturated heterocycles. The minimum Gasteiger partial charge on any atom is -0.360 e. The predicted molar refractivity (Wildman–Crippen MR) is 59.7 cm³/mol. The highest BCUT2D eigenvalue weighted by atomic mass is 15.2. The number of hydrogen-bond acceptors (Lipinski definition) is 1. The molecule has 0 spiro atoms. The Morgan fingerprint density at radius 3 is 2.43 bits per heavy atom. The van der Waals surface area contributed by atoms with Crippen molar-refractivity contribution in [1.29, 1.82) is 5.41 Å². The van der Waals surface area contributed by atoms with Gasteiger partial charge in [0.25, 0.3) is 0 Å². The van der Waals surface area contributed by atoms with Crippen LogP contribution in [0, 0.1) is 5.41 Å². The molecule has 2 nitrogen and oxygen atoms in total. The highest BCUT2D eigenvalue weighted by molar-refractivity contribution is 5.81. The summed E-state index contributed by atoms with van der Waals surface area (Å²) in [6, 6.07) is 0. The van der Waals surface area contributed by atoms with Crippen LogP contribution in [-0.2, 0) is 0 Å². The molecule has 1 N–H and O–H groups in total. The Kier molecular flexibility index (Phi) is 3.22. The first-order valence-corrected chi connectivity index (χ1v) is 5.86. The lowest BCUT2D eigenvalue weighted by Crippen LogP contribution is -2.41. The highest BCUT2D eigenvalue weighted by Crippen LogP contribution is 2.23. The first kappa shape index (κ1) is 9.75. The van der Waals surface area contributed by atoms with Gasteiger partial charge in [-0.15, -0.1) is 0 Å². The van der Waals surface area contributed by atoms with E-state index in [4.69, 9.17) is 5.41 Å². The Bertz CT molecular complexity index is 231. The summed E-state index contributed by atoms with van der Waals surface area (Å²) < 4.78 is 0. The van der Waals surface area contributed by atoms with E-state index in [0.29, 0.717) is 0 Å². The lowest BCUT2D eigenvalue weighted by atomic mass is 9.94. The third-order valence-electron chi connectivity index (χ3n) is 3.32. The Hall–Kier alpha value is -0.790. The zero-order valence-corrected chi connectivity index (χ0v) is 8.89. The maximum absolute atomic E-state index is 7.85. The van der Waals surface area contributed by atoms with E-state index in [-0.39, 0.29) is 0 Å². The predicted octanol–water partition coefficient (Wildman–Crippen LogP) is 2.95. The molecule has 0 aromatic rings. The van der Waals surface area contributed by atoms with Gasteiger partial charge in [0.1, 0.15) is 0 Å². The largest absolute Gasteiger partial charge is 0.360 e. The van der Waals surface area contributed by atoms with Crippen LogP contribution in [0.4, 0.5) is 0 Å². The van der Waals surface area contributed by atoms with Crippen LogP contribution in [0.3, 0.4) is 0 Å². The van der Waals surface area contributed by atoms with Gasteiger partial charge in [-0.05, 0) is 32.1 Å². The van der Waals surface area contributed by atoms with Crippen molar-refractivity contribution in [1.82, 2.24) is 4.90 Å². The van der Waals surface area contributed by atoms with Crippen molar-refractivity contribution in [3.8, 4) is 0 Å². The van der Waals surface area contributed by atoms with Crippen LogP contribution in [-0.4, -0.2) is 23.8 Å². The molecule has 2 aliphatic rings. The van der Waals surface area contributed by atoms with Gasteiger partial charge in [-0.1, -0.05) is 18.1 Å². The molecule has 1 heterocycles. The molecule has 1 saturated carbocycles. The van der Waals surface area contributed by atoms with E-state index < -0.39 is 0 Å². The minimum atomic E-state index is 0.828. The van der Waals surface area contributed by atoms with Gasteiger partial charge in [-0.2, -0.15) is 0 Å². The summed E-state index contributed by atoms with van der Waals surface area (Å²) in [5, 5.41) is 7.85. The second-order valence-corrected chi connectivity index (χ2v) is 4.41. The number of nitrogens with one attached hydrogen (secondary N) is 1. The summed E-state index contributed by atoms with van der Waals surface area (Å²) in [5.74, 6) is 0.828. The smallest absolute Gasteiger partial charge is 0.0996 e. The molecule has 14 heavy (non-hydrogen) atoms. The van der Waals surface area contributed by atoms with Gasteiger partial charge in [0.15, 0.2) is 0 Å². The maximum atomic E-state index is 7.85. The number of hydrogen-bond donors (Lipinski definition) is 1. The maximum Gasteiger partial charge on any atom is 0.0996 e. The van der Waals surface area contributed by atoms with Crippen molar-refractivity contribution in [3.63, 3.8) is 0 Å². The van der Waals surface area contributed by atoms with Crippen molar-refractivity contribution in [2.75, 3.05) is 13.1 Å². The Morgan fingerprint density at radius 2 is 1.86 bits per heavy atom. The Morgan fingerprint density at radius 1 is 1.14 bits per heavy atom. The topological polar surface area (TPSA) is 27.1 Å². The number of allylic oxidation sites excluding steroid dienone is 1. The van der Waals surface area contributed by atoms with Crippen LogP contribution in [0.2, 0.25) is 0 Å². The van der Waals surface area contributed by atoms with E-state index >= 15 is 0 Å². The summed E-state index contributed by atoms with van der Waals surface area (Å²) in [6.45, 7) is 2.23. The van der Waals surface area contributed by atoms with Crippen molar-refractivity contribution < 1.29 is 0 Å². The van der Waals surface area contributed by atoms with E-state index in [1.54, 1.807) is 5.57 Å². The first-order valence-electron chi connectivity index (χ1n) is 5.86. The molecule has 0 bridgehead atoms. The molecule has 2 rings (SSSR count). The molecule has 2 heteroatoms. The molecule has 78 valence electrons. The Balaban J connectivity index is 1.76. The highest BCUT2D eigenvalue weighted by Gasteiger charge is 2.16. The second kappa shape index (κ2) is 4.63. The summed E-state index contributed by atoms with van der Waals surface area (Å²) in [7, 11) is 0. The molecular formula is C12H20N2. The van der Waals surface area contributed by atoms with Gasteiger partial charge in [0.05, 0.1) is 5.84 Å². The average Bonchev–Trinajstić information content (AvgIpc) is 2.14. The third kappa shape index (κ3) is 2.37. The van der Waals surface area contributed by atoms with Crippen LogP contribution in [0.1, 0.15) is 44.9 Å². The van der Waals surface area contributed by atoms with Crippen LogP contribution in [0.15, 0.2) is 11.6 Å². The molecule has 0 aromatic carbocycles. The number of nitrogens with zero attached hydrogens (tertiary/aromatic N) is 1. The third-order valence-corrected chi connectivity index (χ3v) is 3.32. The average molecular weight is 192 g/mol. The van der Waals surface area contributed by atoms with Crippen molar-refractivity contribution >= 4 is 5.84 Å². The zero-order chi connectivity index (χ0) is 9.80. The van der Waals surface area contributed by atoms with E-state index in [1.807, 2.05) is 0 Å². The standard InChI is InChI=1S/C12H20N2/c13-12(14-9-4-10-14)8-7-11-5-2-1-3-6-11/h7,13H,1-6,8-10H2. The van der Waals surface area contributed by atoms with Crippen LogP contribution in [0.5, 0.6) is 0 Å². The van der Waals surface area contributed by atoms with Crippen LogP contribution >= 0.6 is 0 Å². The van der Waals surface area contributed by atoms with Crippen LogP contribution < -0.4 is 0 Å². The fourth-order valence-corrected chi connectivity index (χ4v) is 2.17. The normalized spacial score (nSPS) is 21.7. The van der Waals surface area contributed by atoms with E-state index in [9.17, 15) is 0 Å². The zero-order valence-electron chi connectivity index (χ0n) is 8.89. The second-order valence-electron chi connectivity index (χ2n) is 4.41. The van der Waals surface area contributed by atoms with Crippen molar-refractivity contribution in [3.05, 3.63) is 11.6 Å². The summed E-state index contributed by atoms with van der Waals surface area (Å²) >= 11 is 0. The van der Waals surface area contributed by atoms with Gasteiger partial charge in [-0.25, -0.2) is 0 Å². The molecule has 0 atom stereocenters. The van der Waals surface area contributed by atoms with Gasteiger partial charge >= 0.3 is 0 Å². The fourth-order valence-electron chi connectivity index (χ4n) is 2.17. The SMILES string of the molecule is N=C(CC=C1CCCCC1)N1CCC1. The quantitative estimate of drug-likeness (QED) is 0.406. The van der Waals surface area contributed by atoms with Crippen LogP contribution in [0.25, 0.3) is 0 Å². The lowest BCUT2D eigenvalue weighted by Gasteiger charge is -2.33. The minimum absolute atomic E-state index is 0.828. The number of rotatable bonds is 2. The monoisotopic (exact) mass is 192 g/mol. The molecule has 0 unspecified atom stereocenters. The van der Waals surface area contributed by atoms with E-state index in [1.165, 1.54) is 38.5 Å². The molecular weight excluding hydrogens is 172 g/mol. The molecule has 0 amide bonds. The summed E-state index contributed by atoms with van der Waals surface area (Å²) in [4.78, 5) is 2.18. The van der Waals surface area contributed by atoms with Gasteiger partial charge in [0.2, 0.25) is 0 Å². The first-order chi connectivity index (χ1) is 6.86. The Labute approximate surface area is 86.5 Å². The molecule has 1 aliphatic heterocycles. The van der Waals surface area contributed by atoms with E-state index in [2.05, 4.69) is 11.0 Å². The van der Waals surface area contributed by atoms with Gasteiger partial charge < -0.3 is 4.90 Å². The summed E-state index contributed by atoms with van der Waals surface area (Å²) in [5.41, 5.74) is 1.60. The molecule has 0 radical (unpaired) electrons. The molecule has 0 aromatic heterocycles. The summed E-state index contributed by atoms with van der Waals surface area (Å²) in [6.07, 6.45) is 11.2. The number of likely N-dealkylation sites (tertiary alicyclic amines) is 1. The molecule has 1 aliphatic carbocycles. The van der Waals surface area contributed by atoms with Crippen molar-refractivity contribution in [2.24, 2.45) is 0 Å². The fraction of sp³-hybridized carbons (Fsp3) is 0.750. The van der Waals surface area contributed by atoms with E-state index in [0.717, 1.165) is 25.3 Å².